The molecule has 0 spiro atoms. The Labute approximate surface area is 441 Å². The van der Waals surface area contributed by atoms with Crippen LogP contribution in [-0.4, -0.2) is 39.3 Å². The lowest BCUT2D eigenvalue weighted by molar-refractivity contribution is 0.770. The average Bonchev–Trinajstić information content (AvgIpc) is 4.43. The number of hydrogen-bond donors (Lipinski definition) is 0. The van der Waals surface area contributed by atoms with Crippen LogP contribution in [0.2, 0.25) is 0 Å². The number of anilines is 2. The van der Waals surface area contributed by atoms with Crippen molar-refractivity contribution in [2.45, 2.75) is 12.0 Å². The maximum atomic E-state index is 5.75. The second kappa shape index (κ2) is 16.1. The third kappa shape index (κ3) is 5.95. The Morgan fingerprint density at radius 2 is 0.753 bits per heavy atom. The molecule has 0 saturated carbocycles. The predicted molar refractivity (Wildman–Crippen MR) is 315 cm³/mol. The minimum atomic E-state index is -0.127. The van der Waals surface area contributed by atoms with Crippen LogP contribution in [0.3, 0.4) is 0 Å². The first-order valence-electron chi connectivity index (χ1n) is 26.4. The lowest BCUT2D eigenvalue weighted by atomic mass is 9.90. The quantitative estimate of drug-likeness (QED) is 0.167. The van der Waals surface area contributed by atoms with E-state index in [0.29, 0.717) is 17.7 Å². The molecular weight excluding hydrogens is 941 g/mol. The molecular formula is C69H44N8. The maximum Gasteiger partial charge on any atom is 0.240 e. The summed E-state index contributed by atoms with van der Waals surface area (Å²) in [5.74, 6) is 1.75. The van der Waals surface area contributed by atoms with Crippen molar-refractivity contribution in [3.8, 4) is 34.4 Å². The molecule has 5 aromatic heterocycles. The van der Waals surface area contributed by atoms with Crippen molar-refractivity contribution in [3.05, 3.63) is 259 Å². The number of fused-ring (bicyclic) bond motifs is 17. The van der Waals surface area contributed by atoms with Crippen molar-refractivity contribution < 1.29 is 0 Å². The zero-order chi connectivity index (χ0) is 50.3. The van der Waals surface area contributed by atoms with Crippen LogP contribution in [0.5, 0.6) is 0 Å². The van der Waals surface area contributed by atoms with Gasteiger partial charge in [0.1, 0.15) is 0 Å². The highest BCUT2D eigenvalue weighted by molar-refractivity contribution is 6.29. The van der Waals surface area contributed by atoms with Gasteiger partial charge >= 0.3 is 0 Å². The molecule has 17 rings (SSSR count). The van der Waals surface area contributed by atoms with E-state index in [4.69, 9.17) is 15.0 Å². The van der Waals surface area contributed by atoms with Crippen LogP contribution in [0.15, 0.2) is 243 Å². The Kier molecular flexibility index (Phi) is 8.80. The molecule has 0 bridgehead atoms. The summed E-state index contributed by atoms with van der Waals surface area (Å²) in [5.41, 5.74) is 14.3. The highest BCUT2D eigenvalue weighted by atomic mass is 15.3. The third-order valence-electron chi connectivity index (χ3n) is 16.3. The lowest BCUT2D eigenvalue weighted by Crippen LogP contribution is -2.40. The van der Waals surface area contributed by atoms with E-state index in [1.807, 2.05) is 6.07 Å². The molecule has 0 radical (unpaired) electrons. The summed E-state index contributed by atoms with van der Waals surface area (Å²) in [4.78, 5) is 19.2. The molecule has 77 heavy (non-hydrogen) atoms. The number of rotatable bonds is 6. The first-order chi connectivity index (χ1) is 38.2. The molecule has 10 aromatic carbocycles. The summed E-state index contributed by atoms with van der Waals surface area (Å²) in [6, 6.07) is 86.9. The Morgan fingerprint density at radius 3 is 1.38 bits per heavy atom. The Balaban J connectivity index is 0.988. The van der Waals surface area contributed by atoms with Crippen LogP contribution in [-0.2, 0) is 0 Å². The van der Waals surface area contributed by atoms with Gasteiger partial charge in [-0.25, -0.2) is 0 Å². The molecule has 8 nitrogen and oxygen atoms in total. The maximum absolute atomic E-state index is 5.75. The minimum absolute atomic E-state index is 0.0172. The molecule has 8 heteroatoms. The molecule has 0 N–H and O–H groups in total. The van der Waals surface area contributed by atoms with Gasteiger partial charge in [0, 0.05) is 77.2 Å². The summed E-state index contributed by atoms with van der Waals surface area (Å²) in [5, 5.41) is 10.5. The van der Waals surface area contributed by atoms with E-state index in [0.717, 1.165) is 83.0 Å². The Morgan fingerprint density at radius 1 is 0.312 bits per heavy atom. The normalized spacial score (nSPS) is 14.9. The van der Waals surface area contributed by atoms with Gasteiger partial charge in [-0.15, -0.1) is 0 Å². The monoisotopic (exact) mass is 984 g/mol. The first-order valence-corrected chi connectivity index (χ1v) is 26.4. The van der Waals surface area contributed by atoms with Crippen LogP contribution >= 0.6 is 0 Å². The fourth-order valence-corrected chi connectivity index (χ4v) is 13.2. The van der Waals surface area contributed by atoms with Crippen LogP contribution in [0, 0.1) is 0 Å². The number of benzene rings is 10. The Hall–Kier alpha value is -10.3. The van der Waals surface area contributed by atoms with E-state index in [1.54, 1.807) is 0 Å². The molecule has 0 saturated heterocycles. The predicted octanol–water partition coefficient (Wildman–Crippen LogP) is 14.7. The Bertz CT molecular complexity index is 5050. The number of aromatic nitrogens is 7. The van der Waals surface area contributed by atoms with Gasteiger partial charge in [-0.1, -0.05) is 188 Å². The fraction of sp³-hybridized carbons (Fsp3) is 0.0290. The van der Waals surface area contributed by atoms with Crippen LogP contribution in [0.1, 0.15) is 11.5 Å². The van der Waals surface area contributed by atoms with Crippen LogP contribution in [0.4, 0.5) is 11.6 Å². The smallest absolute Gasteiger partial charge is 0.240 e. The third-order valence-corrected chi connectivity index (χ3v) is 16.3. The van der Waals surface area contributed by atoms with E-state index >= 15 is 0 Å². The topological polar surface area (TPSA) is 61.6 Å². The van der Waals surface area contributed by atoms with Gasteiger partial charge in [-0.05, 0) is 72.3 Å². The molecule has 0 fully saturated rings. The van der Waals surface area contributed by atoms with Gasteiger partial charge in [0.15, 0.2) is 5.82 Å². The fourth-order valence-electron chi connectivity index (χ4n) is 13.2. The van der Waals surface area contributed by atoms with Crippen LogP contribution in [0.25, 0.3) is 123 Å². The standard InChI is InChI=1S/C69H44N8/c1-5-21-43(22-6-1)67-70-68(76-59-35-19-16-32-50(59)56-41-61-55(42-62(56)76)49-31-15-17-33-57(49)73(61)44-23-7-2-8-24-44)72-69(71-67)77-60-36-20-14-30-48(60)52-38-40-54-53-39-37-51-47-29-13-18-34-58(47)74(45-25-9-3-10-26-45)63(51)64(53)75(65(54)66(52)77)46-27-11-4-12-28-46/h1-42,56,62H. The molecule has 360 valence electrons. The summed E-state index contributed by atoms with van der Waals surface area (Å²) in [7, 11) is 0. The highest BCUT2D eigenvalue weighted by Gasteiger charge is 2.41. The van der Waals surface area contributed by atoms with Crippen molar-refractivity contribution in [3.63, 3.8) is 0 Å². The number of hydrogen-bond acceptors (Lipinski definition) is 4. The lowest BCUT2D eigenvalue weighted by Gasteiger charge is -2.27. The average molecular weight is 985 g/mol. The first kappa shape index (κ1) is 42.1. The number of para-hydroxylation sites is 7. The molecule has 2 atom stereocenters. The van der Waals surface area contributed by atoms with Gasteiger partial charge in [0.2, 0.25) is 11.9 Å². The second-order valence-corrected chi connectivity index (χ2v) is 20.3. The largest absolute Gasteiger partial charge is 0.310 e. The summed E-state index contributed by atoms with van der Waals surface area (Å²) in [6.45, 7) is 0. The zero-order valence-corrected chi connectivity index (χ0v) is 41.5. The van der Waals surface area contributed by atoms with Gasteiger partial charge in [-0.2, -0.15) is 15.0 Å². The van der Waals surface area contributed by atoms with E-state index in [1.165, 1.54) is 37.8 Å². The SMILES string of the molecule is C1=c2c(n(-c3ccccc3)c3ccccc23)=CC2c3ccccc3N(c3nc(-c4ccccc4)nc(-n4c5ccccc5c5ccc6c7ccc8c9ccccc9n(-c9ccccc9)c8c7n(-c7ccccc7)c6c54)n3)C12. The molecule has 2 aliphatic rings. The summed E-state index contributed by atoms with van der Waals surface area (Å²) in [6.07, 6.45) is 4.94. The van der Waals surface area contributed by atoms with Crippen molar-refractivity contribution in [1.82, 2.24) is 33.2 Å². The van der Waals surface area contributed by atoms with Crippen molar-refractivity contribution in [1.29, 1.82) is 0 Å². The molecule has 1 aliphatic carbocycles. The minimum Gasteiger partial charge on any atom is -0.310 e. The summed E-state index contributed by atoms with van der Waals surface area (Å²) < 4.78 is 9.68. The van der Waals surface area contributed by atoms with Crippen molar-refractivity contribution in [2.24, 2.45) is 0 Å². The van der Waals surface area contributed by atoms with E-state index in [9.17, 15) is 0 Å². The second-order valence-electron chi connectivity index (χ2n) is 20.3. The highest BCUT2D eigenvalue weighted by Crippen LogP contribution is 2.49. The van der Waals surface area contributed by atoms with Gasteiger partial charge in [-0.3, -0.25) is 4.57 Å². The van der Waals surface area contributed by atoms with Crippen molar-refractivity contribution in [2.75, 3.05) is 4.90 Å². The van der Waals surface area contributed by atoms with Gasteiger partial charge in [0.05, 0.1) is 50.0 Å². The van der Waals surface area contributed by atoms with Crippen LogP contribution < -0.4 is 15.5 Å². The molecule has 0 amide bonds. The molecule has 6 heterocycles. The van der Waals surface area contributed by atoms with E-state index < -0.39 is 0 Å². The van der Waals surface area contributed by atoms with E-state index in [2.05, 4.69) is 272 Å². The molecule has 1 aliphatic heterocycles. The molecule has 2 unspecified atom stereocenters. The zero-order valence-electron chi connectivity index (χ0n) is 41.5. The number of nitrogens with zero attached hydrogens (tertiary/aromatic N) is 8. The van der Waals surface area contributed by atoms with Crippen molar-refractivity contribution >= 4 is 100 Å². The molecule has 15 aromatic rings. The summed E-state index contributed by atoms with van der Waals surface area (Å²) >= 11 is 0. The van der Waals surface area contributed by atoms with Gasteiger partial charge < -0.3 is 18.6 Å². The van der Waals surface area contributed by atoms with E-state index in [-0.39, 0.29) is 12.0 Å². The van der Waals surface area contributed by atoms with Gasteiger partial charge in [0.25, 0.3) is 0 Å².